The fourth-order valence-corrected chi connectivity index (χ4v) is 3.95. The Labute approximate surface area is 185 Å². The van der Waals surface area contributed by atoms with Crippen LogP contribution in [0.1, 0.15) is 33.6 Å². The van der Waals surface area contributed by atoms with Crippen LogP contribution in [0.15, 0.2) is 34.2 Å². The molecule has 0 amide bonds. The summed E-state index contributed by atoms with van der Waals surface area (Å²) in [5.74, 6) is 2.22. The van der Waals surface area contributed by atoms with Crippen LogP contribution in [0.5, 0.6) is 0 Å². The van der Waals surface area contributed by atoms with E-state index < -0.39 is 0 Å². The number of thioether (sulfide) groups is 1. The van der Waals surface area contributed by atoms with Gasteiger partial charge in [-0.3, -0.25) is 4.99 Å². The van der Waals surface area contributed by atoms with Gasteiger partial charge in [-0.2, -0.15) is 0 Å². The lowest BCUT2D eigenvalue weighted by Crippen LogP contribution is -2.49. The lowest BCUT2D eigenvalue weighted by Gasteiger charge is -2.34. The standard InChI is InChI=1S/C20H33FN4S.HI/c1-4-22-20(23-11-14-26-19-8-6-5-7-18(19)21)24-17-9-12-25(13-10-17)15-16(2)3;/h5-8,16-17H,4,9-15H2,1-3H3,(H2,22,23,24);1H. The molecule has 1 aromatic rings. The SMILES string of the molecule is CCNC(=NCCSc1ccccc1F)NC1CCN(CC(C)C)CC1.I. The van der Waals surface area contributed by atoms with E-state index in [-0.39, 0.29) is 29.8 Å². The van der Waals surface area contributed by atoms with Crippen LogP contribution in [0.2, 0.25) is 0 Å². The summed E-state index contributed by atoms with van der Waals surface area (Å²) in [6.07, 6.45) is 2.31. The minimum Gasteiger partial charge on any atom is -0.357 e. The number of hydrogen-bond donors (Lipinski definition) is 2. The van der Waals surface area contributed by atoms with Gasteiger partial charge in [0.25, 0.3) is 0 Å². The molecule has 1 heterocycles. The minimum absolute atomic E-state index is 0. The van der Waals surface area contributed by atoms with Gasteiger partial charge in [-0.1, -0.05) is 26.0 Å². The van der Waals surface area contributed by atoms with Crippen molar-refractivity contribution < 1.29 is 4.39 Å². The van der Waals surface area contributed by atoms with E-state index in [1.807, 2.05) is 12.1 Å². The van der Waals surface area contributed by atoms with Crippen LogP contribution in [-0.2, 0) is 0 Å². The molecule has 7 heteroatoms. The fraction of sp³-hybridized carbons (Fsp3) is 0.650. The van der Waals surface area contributed by atoms with Crippen LogP contribution in [0.4, 0.5) is 4.39 Å². The molecule has 0 saturated carbocycles. The number of piperidine rings is 1. The van der Waals surface area contributed by atoms with E-state index in [1.165, 1.54) is 24.4 Å². The van der Waals surface area contributed by atoms with Gasteiger partial charge in [-0.25, -0.2) is 4.39 Å². The van der Waals surface area contributed by atoms with Gasteiger partial charge in [0.1, 0.15) is 5.82 Å². The Kier molecular flexibility index (Phi) is 12.3. The first-order valence-electron chi connectivity index (χ1n) is 9.73. The molecule has 27 heavy (non-hydrogen) atoms. The van der Waals surface area contributed by atoms with Crippen molar-refractivity contribution in [2.45, 2.75) is 44.6 Å². The highest BCUT2D eigenvalue weighted by molar-refractivity contribution is 14.0. The molecule has 1 aliphatic rings. The molecule has 2 N–H and O–H groups in total. The van der Waals surface area contributed by atoms with Gasteiger partial charge in [0.05, 0.1) is 6.54 Å². The molecule has 154 valence electrons. The molecule has 0 aliphatic carbocycles. The van der Waals surface area contributed by atoms with E-state index in [0.29, 0.717) is 17.5 Å². The summed E-state index contributed by atoms with van der Waals surface area (Å²) in [5.41, 5.74) is 0. The predicted molar refractivity (Wildman–Crippen MR) is 126 cm³/mol. The lowest BCUT2D eigenvalue weighted by atomic mass is 10.0. The number of hydrogen-bond acceptors (Lipinski definition) is 3. The fourth-order valence-electron chi connectivity index (χ4n) is 3.16. The number of nitrogens with zero attached hydrogens (tertiary/aromatic N) is 2. The second-order valence-corrected chi connectivity index (χ2v) is 8.29. The Balaban J connectivity index is 0.00000364. The van der Waals surface area contributed by atoms with Gasteiger partial charge in [-0.15, -0.1) is 35.7 Å². The normalized spacial score (nSPS) is 16.3. The summed E-state index contributed by atoms with van der Waals surface area (Å²) >= 11 is 1.51. The average Bonchev–Trinajstić information content (AvgIpc) is 2.61. The zero-order valence-corrected chi connectivity index (χ0v) is 19.9. The summed E-state index contributed by atoms with van der Waals surface area (Å²) in [5, 5.41) is 6.90. The molecule has 1 saturated heterocycles. The van der Waals surface area contributed by atoms with Gasteiger partial charge in [0.15, 0.2) is 5.96 Å². The molecule has 1 aliphatic heterocycles. The van der Waals surface area contributed by atoms with Crippen molar-refractivity contribution in [3.8, 4) is 0 Å². The van der Waals surface area contributed by atoms with Crippen LogP contribution in [-0.4, -0.2) is 55.4 Å². The van der Waals surface area contributed by atoms with Gasteiger partial charge in [-0.05, 0) is 37.8 Å². The van der Waals surface area contributed by atoms with Crippen molar-refractivity contribution in [1.29, 1.82) is 0 Å². The number of benzene rings is 1. The van der Waals surface area contributed by atoms with Crippen molar-refractivity contribution in [1.82, 2.24) is 15.5 Å². The molecule has 1 aromatic carbocycles. The van der Waals surface area contributed by atoms with E-state index >= 15 is 0 Å². The summed E-state index contributed by atoms with van der Waals surface area (Å²) < 4.78 is 13.6. The highest BCUT2D eigenvalue weighted by Gasteiger charge is 2.20. The number of aliphatic imine (C=N–C) groups is 1. The van der Waals surface area contributed by atoms with Gasteiger partial charge in [0, 0.05) is 42.9 Å². The maximum Gasteiger partial charge on any atom is 0.191 e. The molecule has 0 radical (unpaired) electrons. The van der Waals surface area contributed by atoms with Gasteiger partial charge < -0.3 is 15.5 Å². The molecule has 0 spiro atoms. The molecular weight excluding hydrogens is 474 g/mol. The zero-order chi connectivity index (χ0) is 18.8. The van der Waals surface area contributed by atoms with Gasteiger partial charge in [0.2, 0.25) is 0 Å². The average molecular weight is 508 g/mol. The molecule has 0 aromatic heterocycles. The maximum absolute atomic E-state index is 13.6. The largest absolute Gasteiger partial charge is 0.357 e. The van der Waals surface area contributed by atoms with E-state index in [1.54, 1.807) is 6.07 Å². The highest BCUT2D eigenvalue weighted by atomic mass is 127. The third-order valence-corrected chi connectivity index (χ3v) is 5.38. The van der Waals surface area contributed by atoms with Crippen LogP contribution in [0.25, 0.3) is 0 Å². The second kappa shape index (κ2) is 13.6. The topological polar surface area (TPSA) is 39.7 Å². The van der Waals surface area contributed by atoms with Crippen LogP contribution >= 0.6 is 35.7 Å². The van der Waals surface area contributed by atoms with Crippen LogP contribution in [0, 0.1) is 11.7 Å². The van der Waals surface area contributed by atoms with Crippen LogP contribution < -0.4 is 10.6 Å². The Morgan fingerprint density at radius 1 is 1.30 bits per heavy atom. The number of nitrogens with one attached hydrogen (secondary N) is 2. The number of rotatable bonds is 8. The Hall–Kier alpha value is -0.540. The summed E-state index contributed by atoms with van der Waals surface area (Å²) in [6.45, 7) is 11.6. The monoisotopic (exact) mass is 508 g/mol. The van der Waals surface area contributed by atoms with E-state index in [9.17, 15) is 4.39 Å². The quantitative estimate of drug-likeness (QED) is 0.182. The predicted octanol–water partition coefficient (Wildman–Crippen LogP) is 4.21. The highest BCUT2D eigenvalue weighted by Crippen LogP contribution is 2.20. The molecule has 0 atom stereocenters. The zero-order valence-electron chi connectivity index (χ0n) is 16.7. The van der Waals surface area contributed by atoms with Crippen molar-refractivity contribution >= 4 is 41.7 Å². The van der Waals surface area contributed by atoms with Crippen molar-refractivity contribution in [3.05, 3.63) is 30.1 Å². The lowest BCUT2D eigenvalue weighted by molar-refractivity contribution is 0.187. The number of guanidine groups is 1. The van der Waals surface area contributed by atoms with Crippen molar-refractivity contribution in [2.24, 2.45) is 10.9 Å². The first kappa shape index (κ1) is 24.5. The molecule has 0 bridgehead atoms. The van der Waals surface area contributed by atoms with E-state index in [2.05, 4.69) is 41.3 Å². The third kappa shape index (κ3) is 9.47. The molecular formula is C20H34FIN4S. The van der Waals surface area contributed by atoms with Crippen LogP contribution in [0.3, 0.4) is 0 Å². The summed E-state index contributed by atoms with van der Waals surface area (Å²) in [7, 11) is 0. The number of likely N-dealkylation sites (tertiary alicyclic amines) is 1. The van der Waals surface area contributed by atoms with Gasteiger partial charge >= 0.3 is 0 Å². The second-order valence-electron chi connectivity index (χ2n) is 7.15. The Morgan fingerprint density at radius 3 is 2.63 bits per heavy atom. The summed E-state index contributed by atoms with van der Waals surface area (Å²) in [4.78, 5) is 7.90. The molecule has 1 fully saturated rings. The molecule has 4 nitrogen and oxygen atoms in total. The van der Waals surface area contributed by atoms with E-state index in [0.717, 1.165) is 50.1 Å². The third-order valence-electron chi connectivity index (χ3n) is 4.35. The Bertz CT molecular complexity index is 563. The molecule has 0 unspecified atom stereocenters. The van der Waals surface area contributed by atoms with Crippen molar-refractivity contribution in [2.75, 3.05) is 38.5 Å². The minimum atomic E-state index is -0.153. The first-order valence-corrected chi connectivity index (χ1v) is 10.7. The van der Waals surface area contributed by atoms with Crippen molar-refractivity contribution in [3.63, 3.8) is 0 Å². The smallest absolute Gasteiger partial charge is 0.191 e. The molecule has 2 rings (SSSR count). The van der Waals surface area contributed by atoms with E-state index in [4.69, 9.17) is 0 Å². The summed E-state index contributed by atoms with van der Waals surface area (Å²) in [6, 6.07) is 7.39. The number of halogens is 2. The maximum atomic E-state index is 13.6. The first-order chi connectivity index (χ1) is 12.6. The Morgan fingerprint density at radius 2 is 2.00 bits per heavy atom.